The average molecular weight is 268 g/mol. The number of aromatic nitrogens is 1. The van der Waals surface area contributed by atoms with Crippen molar-refractivity contribution in [3.63, 3.8) is 0 Å². The number of rotatable bonds is 1. The zero-order chi connectivity index (χ0) is 13.9. The van der Waals surface area contributed by atoms with Gasteiger partial charge in [0.2, 0.25) is 0 Å². The molecule has 1 aromatic carbocycles. The number of aryl methyl sites for hydroxylation is 1. The van der Waals surface area contributed by atoms with Crippen molar-refractivity contribution >= 4 is 5.91 Å². The molecule has 0 spiro atoms. The number of carbonyl (C=O) groups excluding carboxylic acids is 1. The van der Waals surface area contributed by atoms with Gasteiger partial charge in [-0.25, -0.2) is 0 Å². The van der Waals surface area contributed by atoms with Crippen LogP contribution in [0.15, 0.2) is 42.7 Å². The van der Waals surface area contributed by atoms with E-state index in [1.54, 1.807) is 11.0 Å². The Balaban J connectivity index is 1.88. The van der Waals surface area contributed by atoms with Gasteiger partial charge in [0.25, 0.3) is 5.91 Å². The predicted molar refractivity (Wildman–Crippen MR) is 75.4 cm³/mol. The van der Waals surface area contributed by atoms with E-state index >= 15 is 0 Å². The molecule has 0 unspecified atom stereocenters. The van der Waals surface area contributed by atoms with Crippen LogP contribution in [0, 0.1) is 0 Å². The van der Waals surface area contributed by atoms with Crippen LogP contribution >= 0.6 is 0 Å². The molecule has 0 bridgehead atoms. The van der Waals surface area contributed by atoms with E-state index in [1.165, 1.54) is 23.5 Å². The highest BCUT2D eigenvalue weighted by Gasteiger charge is 2.21. The summed E-state index contributed by atoms with van der Waals surface area (Å²) in [6.07, 6.45) is 4.76. The second-order valence-corrected chi connectivity index (χ2v) is 4.99. The van der Waals surface area contributed by atoms with E-state index in [0.29, 0.717) is 18.7 Å². The van der Waals surface area contributed by atoms with E-state index in [-0.39, 0.29) is 11.7 Å². The third-order valence-electron chi connectivity index (χ3n) is 3.67. The number of aromatic hydroxyl groups is 1. The van der Waals surface area contributed by atoms with Gasteiger partial charge in [0.1, 0.15) is 5.75 Å². The molecular weight excluding hydrogens is 252 g/mol. The Bertz CT molecular complexity index is 640. The number of benzene rings is 1. The van der Waals surface area contributed by atoms with Crippen LogP contribution in [0.2, 0.25) is 0 Å². The van der Waals surface area contributed by atoms with E-state index < -0.39 is 0 Å². The maximum absolute atomic E-state index is 12.5. The summed E-state index contributed by atoms with van der Waals surface area (Å²) >= 11 is 0. The first-order valence-electron chi connectivity index (χ1n) is 6.75. The zero-order valence-electron chi connectivity index (χ0n) is 11.1. The number of hydrogen-bond donors (Lipinski definition) is 1. The highest BCUT2D eigenvalue weighted by Crippen LogP contribution is 2.22. The van der Waals surface area contributed by atoms with Crippen LogP contribution < -0.4 is 0 Å². The molecule has 3 rings (SSSR count). The van der Waals surface area contributed by atoms with Crippen LogP contribution in [0.3, 0.4) is 0 Å². The Morgan fingerprint density at radius 1 is 1.20 bits per heavy atom. The standard InChI is InChI=1S/C16H16N2O2/c19-15-10-17-8-7-14(15)16(20)18-9-3-6-12-4-1-2-5-13(12)11-18/h1-2,4-5,7-8,10,19H,3,6,9,11H2. The molecule has 2 heterocycles. The van der Waals surface area contributed by atoms with Crippen LogP contribution in [0.1, 0.15) is 27.9 Å². The summed E-state index contributed by atoms with van der Waals surface area (Å²) in [6.45, 7) is 1.30. The average Bonchev–Trinajstić information content (AvgIpc) is 2.69. The first-order valence-corrected chi connectivity index (χ1v) is 6.75. The molecule has 2 aromatic rings. The SMILES string of the molecule is O=C(c1ccncc1O)N1CCCc2ccccc2C1. The van der Waals surface area contributed by atoms with E-state index in [9.17, 15) is 9.90 Å². The maximum atomic E-state index is 12.5. The lowest BCUT2D eigenvalue weighted by Gasteiger charge is -2.21. The number of pyridine rings is 1. The van der Waals surface area contributed by atoms with Gasteiger partial charge in [-0.15, -0.1) is 0 Å². The molecule has 0 aliphatic carbocycles. The van der Waals surface area contributed by atoms with Crippen molar-refractivity contribution in [3.8, 4) is 5.75 Å². The van der Waals surface area contributed by atoms with Gasteiger partial charge in [-0.1, -0.05) is 24.3 Å². The molecule has 1 amide bonds. The Morgan fingerprint density at radius 2 is 2.00 bits per heavy atom. The Morgan fingerprint density at radius 3 is 2.80 bits per heavy atom. The molecule has 0 atom stereocenters. The van der Waals surface area contributed by atoms with Crippen molar-refractivity contribution in [2.24, 2.45) is 0 Å². The third-order valence-corrected chi connectivity index (χ3v) is 3.67. The molecule has 102 valence electrons. The van der Waals surface area contributed by atoms with Crippen LogP contribution in [-0.4, -0.2) is 27.4 Å². The molecule has 0 radical (unpaired) electrons. The van der Waals surface area contributed by atoms with Crippen molar-refractivity contribution in [3.05, 3.63) is 59.4 Å². The number of hydrogen-bond acceptors (Lipinski definition) is 3. The molecule has 0 fully saturated rings. The molecule has 4 heteroatoms. The largest absolute Gasteiger partial charge is 0.505 e. The zero-order valence-corrected chi connectivity index (χ0v) is 11.1. The minimum Gasteiger partial charge on any atom is -0.505 e. The smallest absolute Gasteiger partial charge is 0.258 e. The topological polar surface area (TPSA) is 53.4 Å². The molecule has 4 nitrogen and oxygen atoms in total. The van der Waals surface area contributed by atoms with Crippen molar-refractivity contribution in [2.45, 2.75) is 19.4 Å². The third kappa shape index (κ3) is 2.37. The van der Waals surface area contributed by atoms with Crippen LogP contribution in [0.5, 0.6) is 5.75 Å². The van der Waals surface area contributed by atoms with Crippen molar-refractivity contribution in [2.75, 3.05) is 6.54 Å². The summed E-state index contributed by atoms with van der Waals surface area (Å²) in [5.41, 5.74) is 2.81. The predicted octanol–water partition coefficient (Wildman–Crippen LogP) is 2.38. The molecule has 1 aliphatic heterocycles. The summed E-state index contributed by atoms with van der Waals surface area (Å²) in [5.74, 6) is -0.198. The molecule has 0 saturated carbocycles. The monoisotopic (exact) mass is 268 g/mol. The highest BCUT2D eigenvalue weighted by atomic mass is 16.3. The molecule has 1 aliphatic rings. The van der Waals surface area contributed by atoms with Gasteiger partial charge in [-0.05, 0) is 30.0 Å². The van der Waals surface area contributed by atoms with Gasteiger partial charge in [-0.2, -0.15) is 0 Å². The first-order chi connectivity index (χ1) is 9.75. The number of carbonyl (C=O) groups is 1. The highest BCUT2D eigenvalue weighted by molar-refractivity contribution is 5.96. The second-order valence-electron chi connectivity index (χ2n) is 4.99. The summed E-state index contributed by atoms with van der Waals surface area (Å²) in [4.78, 5) is 18.1. The first kappa shape index (κ1) is 12.7. The van der Waals surface area contributed by atoms with Crippen LogP contribution in [0.4, 0.5) is 0 Å². The number of amides is 1. The molecule has 0 saturated heterocycles. The molecular formula is C16H16N2O2. The van der Waals surface area contributed by atoms with E-state index in [2.05, 4.69) is 17.1 Å². The van der Waals surface area contributed by atoms with Gasteiger partial charge in [0.15, 0.2) is 0 Å². The van der Waals surface area contributed by atoms with Gasteiger partial charge < -0.3 is 10.0 Å². The molecule has 20 heavy (non-hydrogen) atoms. The fraction of sp³-hybridized carbons (Fsp3) is 0.250. The number of fused-ring (bicyclic) bond motifs is 1. The summed E-state index contributed by atoms with van der Waals surface area (Å²) < 4.78 is 0. The fourth-order valence-corrected chi connectivity index (χ4v) is 2.61. The summed E-state index contributed by atoms with van der Waals surface area (Å²) in [7, 11) is 0. The Labute approximate surface area is 117 Å². The summed E-state index contributed by atoms with van der Waals surface area (Å²) in [6, 6.07) is 9.77. The van der Waals surface area contributed by atoms with E-state index in [1.807, 2.05) is 12.1 Å². The Kier molecular flexibility index (Phi) is 3.37. The van der Waals surface area contributed by atoms with Gasteiger partial charge in [0, 0.05) is 19.3 Å². The lowest BCUT2D eigenvalue weighted by Crippen LogP contribution is -2.30. The summed E-state index contributed by atoms with van der Waals surface area (Å²) in [5, 5.41) is 9.77. The molecule has 1 N–H and O–H groups in total. The lowest BCUT2D eigenvalue weighted by molar-refractivity contribution is 0.0742. The van der Waals surface area contributed by atoms with Crippen LogP contribution in [0.25, 0.3) is 0 Å². The van der Waals surface area contributed by atoms with Crippen molar-refractivity contribution < 1.29 is 9.90 Å². The second kappa shape index (κ2) is 5.33. The lowest BCUT2D eigenvalue weighted by atomic mass is 10.0. The molecule has 1 aromatic heterocycles. The Hall–Kier alpha value is -2.36. The maximum Gasteiger partial charge on any atom is 0.258 e. The minimum atomic E-state index is -0.137. The van der Waals surface area contributed by atoms with E-state index in [0.717, 1.165) is 12.8 Å². The number of nitrogens with zero attached hydrogens (tertiary/aromatic N) is 2. The van der Waals surface area contributed by atoms with E-state index in [4.69, 9.17) is 0 Å². The minimum absolute atomic E-state index is 0.0602. The van der Waals surface area contributed by atoms with Gasteiger partial charge >= 0.3 is 0 Å². The van der Waals surface area contributed by atoms with Crippen LogP contribution in [-0.2, 0) is 13.0 Å². The fourth-order valence-electron chi connectivity index (χ4n) is 2.61. The normalized spacial score (nSPS) is 14.5. The van der Waals surface area contributed by atoms with Crippen molar-refractivity contribution in [1.82, 2.24) is 9.88 Å². The van der Waals surface area contributed by atoms with Gasteiger partial charge in [0.05, 0.1) is 11.8 Å². The van der Waals surface area contributed by atoms with Crippen molar-refractivity contribution in [1.29, 1.82) is 0 Å². The van der Waals surface area contributed by atoms with Gasteiger partial charge in [-0.3, -0.25) is 9.78 Å². The quantitative estimate of drug-likeness (QED) is 0.864.